The summed E-state index contributed by atoms with van der Waals surface area (Å²) >= 11 is 0. The zero-order chi connectivity index (χ0) is 9.26. The first kappa shape index (κ1) is 8.07. The molecule has 0 spiro atoms. The molecule has 13 heavy (non-hydrogen) atoms. The van der Waals surface area contributed by atoms with Gasteiger partial charge in [0, 0.05) is 6.61 Å². The Bertz CT molecular complexity index is 385. The summed E-state index contributed by atoms with van der Waals surface area (Å²) in [5.74, 6) is -0.306. The molecule has 1 N–H and O–H groups in total. The largest absolute Gasteiger partial charge is 0.396 e. The van der Waals surface area contributed by atoms with E-state index in [9.17, 15) is 4.79 Å². The van der Waals surface area contributed by atoms with Crippen molar-refractivity contribution in [3.63, 3.8) is 0 Å². The maximum absolute atomic E-state index is 11.2. The highest BCUT2D eigenvalue weighted by Gasteiger charge is 2.20. The Morgan fingerprint density at radius 2 is 2.15 bits per heavy atom. The number of aliphatic hydroxyl groups excluding tert-OH is 1. The van der Waals surface area contributed by atoms with Crippen LogP contribution in [0.1, 0.15) is 15.9 Å². The Morgan fingerprint density at radius 3 is 2.92 bits per heavy atom. The average molecular weight is 176 g/mol. The number of amides is 1. The van der Waals surface area contributed by atoms with E-state index in [2.05, 4.69) is 10.2 Å². The van der Waals surface area contributed by atoms with Crippen LogP contribution in [0.25, 0.3) is 0 Å². The molecule has 0 atom stereocenters. The molecule has 66 valence electrons. The predicted octanol–water partition coefficient (Wildman–Crippen LogP) is 1.46. The van der Waals surface area contributed by atoms with Gasteiger partial charge in [-0.3, -0.25) is 4.79 Å². The third kappa shape index (κ3) is 1.25. The highest BCUT2D eigenvalue weighted by molar-refractivity contribution is 6.03. The minimum absolute atomic E-state index is 0.0315. The summed E-state index contributed by atoms with van der Waals surface area (Å²) < 4.78 is 0. The molecule has 0 aliphatic carbocycles. The standard InChI is InChI=1S/C9H8N2O2/c12-5-4-6-2-1-3-7-8(6)9(13)11-10-7/h1-3,12H,4-5H2. The number of carbonyl (C=O) groups excluding carboxylic acids is 1. The molecule has 2 rings (SSSR count). The quantitative estimate of drug-likeness (QED) is 0.741. The first-order valence-corrected chi connectivity index (χ1v) is 4.02. The van der Waals surface area contributed by atoms with Crippen LogP contribution >= 0.6 is 0 Å². The molecule has 1 aromatic rings. The molecule has 1 aliphatic heterocycles. The summed E-state index contributed by atoms with van der Waals surface area (Å²) in [6.07, 6.45) is 0.472. The van der Waals surface area contributed by atoms with Crippen LogP contribution < -0.4 is 0 Å². The van der Waals surface area contributed by atoms with E-state index in [-0.39, 0.29) is 12.5 Å². The third-order valence-corrected chi connectivity index (χ3v) is 1.97. The van der Waals surface area contributed by atoms with Gasteiger partial charge in [0.25, 0.3) is 5.91 Å². The fourth-order valence-corrected chi connectivity index (χ4v) is 1.39. The van der Waals surface area contributed by atoms with Gasteiger partial charge in [0.1, 0.15) is 0 Å². The lowest BCUT2D eigenvalue weighted by atomic mass is 10.0. The molecular weight excluding hydrogens is 168 g/mol. The molecule has 1 heterocycles. The van der Waals surface area contributed by atoms with Crippen LogP contribution in [0.3, 0.4) is 0 Å². The summed E-state index contributed by atoms with van der Waals surface area (Å²) in [5.41, 5.74) is 1.96. The van der Waals surface area contributed by atoms with Crippen molar-refractivity contribution >= 4 is 11.6 Å². The topological polar surface area (TPSA) is 62.0 Å². The van der Waals surface area contributed by atoms with Gasteiger partial charge in [-0.15, -0.1) is 10.2 Å². The number of hydrogen-bond donors (Lipinski definition) is 1. The van der Waals surface area contributed by atoms with E-state index in [1.54, 1.807) is 12.1 Å². The summed E-state index contributed by atoms with van der Waals surface area (Å²) in [5, 5.41) is 15.9. The fraction of sp³-hybridized carbons (Fsp3) is 0.222. The lowest BCUT2D eigenvalue weighted by molar-refractivity contribution is 0.100. The lowest BCUT2D eigenvalue weighted by Crippen LogP contribution is -1.99. The first-order chi connectivity index (χ1) is 6.33. The Labute approximate surface area is 74.9 Å². The lowest BCUT2D eigenvalue weighted by Gasteiger charge is -2.01. The summed E-state index contributed by atoms with van der Waals surface area (Å²) in [4.78, 5) is 11.2. The molecular formula is C9H8N2O2. The second-order valence-corrected chi connectivity index (χ2v) is 2.79. The SMILES string of the molecule is O=C1N=Nc2cccc(CCO)c21. The summed E-state index contributed by atoms with van der Waals surface area (Å²) in [6, 6.07) is 5.36. The van der Waals surface area contributed by atoms with Crippen molar-refractivity contribution in [1.29, 1.82) is 0 Å². The number of azo groups is 1. The fourth-order valence-electron chi connectivity index (χ4n) is 1.39. The first-order valence-electron chi connectivity index (χ1n) is 4.02. The molecule has 0 saturated carbocycles. The Balaban J connectivity index is 2.50. The molecule has 4 heteroatoms. The number of aliphatic hydroxyl groups is 1. The van der Waals surface area contributed by atoms with Gasteiger partial charge in [0.2, 0.25) is 0 Å². The Morgan fingerprint density at radius 1 is 1.31 bits per heavy atom. The number of benzene rings is 1. The van der Waals surface area contributed by atoms with Crippen LogP contribution in [0.2, 0.25) is 0 Å². The van der Waals surface area contributed by atoms with Crippen molar-refractivity contribution in [2.45, 2.75) is 6.42 Å². The summed E-state index contributed by atoms with van der Waals surface area (Å²) in [7, 11) is 0. The molecule has 0 unspecified atom stereocenters. The van der Waals surface area contributed by atoms with Crippen LogP contribution in [-0.2, 0) is 6.42 Å². The number of rotatable bonds is 2. The van der Waals surface area contributed by atoms with Gasteiger partial charge in [-0.25, -0.2) is 0 Å². The number of nitrogens with zero attached hydrogens (tertiary/aromatic N) is 2. The van der Waals surface area contributed by atoms with E-state index in [1.165, 1.54) is 0 Å². The van der Waals surface area contributed by atoms with E-state index in [1.807, 2.05) is 6.07 Å². The van der Waals surface area contributed by atoms with E-state index in [4.69, 9.17) is 5.11 Å². The maximum atomic E-state index is 11.2. The van der Waals surface area contributed by atoms with Crippen LogP contribution in [-0.4, -0.2) is 17.6 Å². The highest BCUT2D eigenvalue weighted by Crippen LogP contribution is 2.29. The zero-order valence-electron chi connectivity index (χ0n) is 6.90. The van der Waals surface area contributed by atoms with Crippen molar-refractivity contribution in [3.8, 4) is 0 Å². The number of fused-ring (bicyclic) bond motifs is 1. The van der Waals surface area contributed by atoms with Gasteiger partial charge in [0.15, 0.2) is 0 Å². The van der Waals surface area contributed by atoms with Crippen molar-refractivity contribution in [2.24, 2.45) is 10.2 Å². The van der Waals surface area contributed by atoms with Gasteiger partial charge in [0.05, 0.1) is 11.3 Å². The molecule has 1 aromatic carbocycles. The van der Waals surface area contributed by atoms with E-state index < -0.39 is 0 Å². The number of hydrogen-bond acceptors (Lipinski definition) is 3. The molecule has 0 bridgehead atoms. The van der Waals surface area contributed by atoms with Crippen LogP contribution in [0.15, 0.2) is 28.4 Å². The van der Waals surface area contributed by atoms with E-state index in [0.29, 0.717) is 17.7 Å². The van der Waals surface area contributed by atoms with Crippen LogP contribution in [0, 0.1) is 0 Å². The monoisotopic (exact) mass is 176 g/mol. The van der Waals surface area contributed by atoms with Crippen molar-refractivity contribution < 1.29 is 9.90 Å². The molecule has 1 aliphatic rings. The van der Waals surface area contributed by atoms with E-state index >= 15 is 0 Å². The van der Waals surface area contributed by atoms with Crippen LogP contribution in [0.5, 0.6) is 0 Å². The highest BCUT2D eigenvalue weighted by atomic mass is 16.3. The minimum Gasteiger partial charge on any atom is -0.396 e. The molecule has 1 amide bonds. The predicted molar refractivity (Wildman–Crippen MR) is 46.1 cm³/mol. The maximum Gasteiger partial charge on any atom is 0.297 e. The van der Waals surface area contributed by atoms with Gasteiger partial charge in [-0.2, -0.15) is 0 Å². The van der Waals surface area contributed by atoms with Crippen molar-refractivity contribution in [2.75, 3.05) is 6.61 Å². The summed E-state index contributed by atoms with van der Waals surface area (Å²) in [6.45, 7) is 0.0315. The van der Waals surface area contributed by atoms with Gasteiger partial charge < -0.3 is 5.11 Å². The minimum atomic E-state index is -0.306. The van der Waals surface area contributed by atoms with E-state index in [0.717, 1.165) is 5.56 Å². The third-order valence-electron chi connectivity index (χ3n) is 1.97. The Hall–Kier alpha value is -1.55. The smallest absolute Gasteiger partial charge is 0.297 e. The second-order valence-electron chi connectivity index (χ2n) is 2.79. The van der Waals surface area contributed by atoms with Gasteiger partial charge in [-0.1, -0.05) is 12.1 Å². The molecule has 0 saturated heterocycles. The normalized spacial score (nSPS) is 13.5. The molecule has 0 fully saturated rings. The Kier molecular flexibility index (Phi) is 1.90. The number of carbonyl (C=O) groups is 1. The average Bonchev–Trinajstić information content (AvgIpc) is 2.50. The zero-order valence-corrected chi connectivity index (χ0v) is 6.90. The van der Waals surface area contributed by atoms with Gasteiger partial charge in [-0.05, 0) is 18.1 Å². The van der Waals surface area contributed by atoms with Gasteiger partial charge >= 0.3 is 0 Å². The second kappa shape index (κ2) is 3.06. The molecule has 0 aromatic heterocycles. The molecule has 4 nitrogen and oxygen atoms in total. The van der Waals surface area contributed by atoms with Crippen LogP contribution in [0.4, 0.5) is 5.69 Å². The van der Waals surface area contributed by atoms with Crippen molar-refractivity contribution in [1.82, 2.24) is 0 Å². The van der Waals surface area contributed by atoms with Crippen molar-refractivity contribution in [3.05, 3.63) is 29.3 Å². The molecule has 0 radical (unpaired) electrons.